The van der Waals surface area contributed by atoms with E-state index in [2.05, 4.69) is 15.1 Å². The Morgan fingerprint density at radius 2 is 1.09 bits per heavy atom. The van der Waals surface area contributed by atoms with E-state index in [0.717, 1.165) is 0 Å². The van der Waals surface area contributed by atoms with Crippen LogP contribution in [0.15, 0.2) is 25.0 Å². The summed E-state index contributed by atoms with van der Waals surface area (Å²) in [5.41, 5.74) is 4.50. The second-order valence-electron chi connectivity index (χ2n) is 0.885. The van der Waals surface area contributed by atoms with E-state index < -0.39 is 11.6 Å². The van der Waals surface area contributed by atoms with Crippen LogP contribution in [0.2, 0.25) is 0 Å². The van der Waals surface area contributed by atoms with Gasteiger partial charge in [-0.25, -0.2) is 0 Å². The van der Waals surface area contributed by atoms with Gasteiger partial charge in [-0.15, -0.1) is 0 Å². The van der Waals surface area contributed by atoms with Gasteiger partial charge in [0.1, 0.15) is 25.0 Å². The third kappa shape index (κ3) is 17.7. The maximum absolute atomic E-state index is 8.29. The number of nitrogens with one attached hydrogen (secondary N) is 1. The molecule has 0 saturated carbocycles. The minimum Gasteiger partial charge on any atom is -0.466 e. The van der Waals surface area contributed by atoms with Crippen molar-refractivity contribution in [1.29, 1.82) is 5.59 Å². The van der Waals surface area contributed by atoms with Crippen LogP contribution in [0.1, 0.15) is 0 Å². The van der Waals surface area contributed by atoms with Gasteiger partial charge in [0.15, 0.2) is 0 Å². The highest BCUT2D eigenvalue weighted by molar-refractivity contribution is 7.51. The van der Waals surface area contributed by atoms with Crippen molar-refractivity contribution in [2.75, 3.05) is 0 Å². The molecule has 1 heterocycles. The summed E-state index contributed by atoms with van der Waals surface area (Å²) in [6.45, 7) is 0. The Labute approximate surface area is 65.9 Å². The average Bonchev–Trinajstić information content (AvgIpc) is 2.12. The van der Waals surface area contributed by atoms with Crippen molar-refractivity contribution in [2.45, 2.75) is 0 Å². The van der Waals surface area contributed by atoms with Crippen molar-refractivity contribution in [1.82, 2.24) is 0 Å². The van der Waals surface area contributed by atoms with Gasteiger partial charge in [0, 0.05) is 0 Å². The summed E-state index contributed by atoms with van der Waals surface area (Å²) < 4.78 is 25.8. The molecule has 11 heavy (non-hydrogen) atoms. The molecule has 0 saturated heterocycles. The monoisotopic (exact) mass is 179 g/mol. The van der Waals surface area contributed by atoms with Crippen LogP contribution in [0.4, 0.5) is 0 Å². The summed E-state index contributed by atoms with van der Waals surface area (Å²) >= 11 is -0.750. The van der Waals surface area contributed by atoms with E-state index in [1.165, 1.54) is 25.0 Å². The first-order valence-corrected chi connectivity index (χ1v) is 2.81. The molecule has 0 aromatic carbocycles. The molecular weight excluding hydrogens is 174 g/mol. The van der Waals surface area contributed by atoms with Crippen molar-refractivity contribution in [3.05, 3.63) is 30.0 Å². The molecule has 0 atom stereocenters. The molecule has 1 aliphatic heterocycles. The van der Waals surface area contributed by atoms with Crippen molar-refractivity contribution in [3.8, 4) is 0 Å². The Morgan fingerprint density at radius 3 is 1.18 bits per heavy atom. The van der Waals surface area contributed by atoms with Gasteiger partial charge in [0.25, 0.3) is 0 Å². The molecule has 1 aliphatic rings. The van der Waals surface area contributed by atoms with Crippen LogP contribution in [-0.2, 0) is 21.0 Å². The first-order valence-electron chi connectivity index (χ1n) is 2.15. The Bertz CT molecular complexity index is 142. The minimum absolute atomic E-state index is 0.750. The Kier molecular flexibility index (Phi) is 17.5. The molecule has 0 amide bonds. The standard InChI is InChI=1S/C4H4O2.HNO.O2S/c1-2-6-4-3-5-1;1-2;1-3-2/h1-4H;1H;. The zero-order valence-electron chi connectivity index (χ0n) is 5.26. The Morgan fingerprint density at radius 1 is 0.909 bits per heavy atom. The van der Waals surface area contributed by atoms with Crippen LogP contribution >= 0.6 is 0 Å². The third-order valence-corrected chi connectivity index (χ3v) is 0.425. The highest BCUT2D eigenvalue weighted by atomic mass is 32.1. The fourth-order valence-electron chi connectivity index (χ4n) is 0.219. The predicted octanol–water partition coefficient (Wildman–Crippen LogP) is 0.637. The van der Waals surface area contributed by atoms with E-state index in [1.54, 1.807) is 0 Å². The van der Waals surface area contributed by atoms with Crippen LogP contribution < -0.4 is 0 Å². The van der Waals surface area contributed by atoms with E-state index in [1.807, 2.05) is 0 Å². The van der Waals surface area contributed by atoms with Gasteiger partial charge in [-0.3, -0.25) is 0 Å². The number of ether oxygens (including phenoxy) is 2. The van der Waals surface area contributed by atoms with E-state index in [0.29, 0.717) is 0 Å². The molecule has 0 fully saturated rings. The molecule has 0 spiro atoms. The lowest BCUT2D eigenvalue weighted by Crippen LogP contribution is -1.74. The fourth-order valence-corrected chi connectivity index (χ4v) is 0.219. The summed E-state index contributed by atoms with van der Waals surface area (Å²) in [4.78, 5) is 7.50. The van der Waals surface area contributed by atoms with Gasteiger partial charge in [-0.2, -0.15) is 13.3 Å². The van der Waals surface area contributed by atoms with Crippen LogP contribution in [0.25, 0.3) is 0 Å². The molecule has 6 nitrogen and oxygen atoms in total. The zero-order valence-corrected chi connectivity index (χ0v) is 6.08. The van der Waals surface area contributed by atoms with Crippen LogP contribution in [0.5, 0.6) is 0 Å². The van der Waals surface area contributed by atoms with E-state index in [4.69, 9.17) is 13.3 Å². The molecule has 0 bridgehead atoms. The number of hydrogen-bond donors (Lipinski definition) is 1. The largest absolute Gasteiger partial charge is 0.466 e. The highest BCUT2D eigenvalue weighted by Crippen LogP contribution is 1.89. The molecular formula is C4H5NO5S. The van der Waals surface area contributed by atoms with Crippen molar-refractivity contribution in [3.63, 3.8) is 0 Å². The van der Waals surface area contributed by atoms with E-state index in [-0.39, 0.29) is 0 Å². The Hall–Kier alpha value is -1.50. The van der Waals surface area contributed by atoms with Gasteiger partial charge in [0.2, 0.25) is 0 Å². The number of rotatable bonds is 0. The fraction of sp³-hybridized carbons (Fsp3) is 0. The van der Waals surface area contributed by atoms with Crippen molar-refractivity contribution >= 4 is 11.6 Å². The maximum atomic E-state index is 8.29. The molecule has 62 valence electrons. The molecule has 0 radical (unpaired) electrons. The minimum atomic E-state index is -0.750. The molecule has 0 unspecified atom stereocenters. The van der Waals surface area contributed by atoms with Gasteiger partial charge in [-0.1, -0.05) is 5.59 Å². The predicted molar refractivity (Wildman–Crippen MR) is 35.5 cm³/mol. The summed E-state index contributed by atoms with van der Waals surface area (Å²) in [7, 11) is 0. The third-order valence-electron chi connectivity index (χ3n) is 0.425. The Balaban J connectivity index is 0. The van der Waals surface area contributed by atoms with Crippen LogP contribution in [0, 0.1) is 10.5 Å². The molecule has 0 aliphatic carbocycles. The molecule has 1 rings (SSSR count). The first-order chi connectivity index (χ1) is 5.41. The topological polar surface area (TPSA) is 93.5 Å². The second-order valence-corrected chi connectivity index (χ2v) is 1.02. The van der Waals surface area contributed by atoms with E-state index >= 15 is 0 Å². The van der Waals surface area contributed by atoms with Gasteiger partial charge >= 0.3 is 11.6 Å². The molecule has 0 aromatic rings. The zero-order chi connectivity index (χ0) is 8.95. The number of nitroso groups, excluding NO2 is 1. The lowest BCUT2D eigenvalue weighted by atomic mass is 10.9. The first kappa shape index (κ1) is 12.2. The lowest BCUT2D eigenvalue weighted by Gasteiger charge is -1.94. The summed E-state index contributed by atoms with van der Waals surface area (Å²) in [5, 5.41) is 0. The maximum Gasteiger partial charge on any atom is 0.335 e. The van der Waals surface area contributed by atoms with Crippen molar-refractivity contribution in [2.24, 2.45) is 0 Å². The van der Waals surface area contributed by atoms with Gasteiger partial charge < -0.3 is 9.47 Å². The van der Waals surface area contributed by atoms with E-state index in [9.17, 15) is 0 Å². The molecule has 0 aromatic heterocycles. The van der Waals surface area contributed by atoms with Crippen LogP contribution in [-0.4, -0.2) is 8.42 Å². The number of hydrogen-bond acceptors (Lipinski definition) is 6. The smallest absolute Gasteiger partial charge is 0.335 e. The van der Waals surface area contributed by atoms with Gasteiger partial charge in [0.05, 0.1) is 0 Å². The SMILES string of the molecule is C1=COC=CO1.N=O.O=S=O. The summed E-state index contributed by atoms with van der Waals surface area (Å²) in [5.74, 6) is 0. The van der Waals surface area contributed by atoms with Crippen molar-refractivity contribution < 1.29 is 17.9 Å². The quantitative estimate of drug-likeness (QED) is 0.550. The summed E-state index contributed by atoms with van der Waals surface area (Å²) in [6.07, 6.45) is 5.83. The lowest BCUT2D eigenvalue weighted by molar-refractivity contribution is 0.290. The highest BCUT2D eigenvalue weighted by Gasteiger charge is 1.74. The average molecular weight is 179 g/mol. The van der Waals surface area contributed by atoms with Gasteiger partial charge in [-0.05, 0) is 0 Å². The molecule has 1 N–H and O–H groups in total. The second kappa shape index (κ2) is 15.8. The molecule has 7 heteroatoms. The van der Waals surface area contributed by atoms with Crippen LogP contribution in [0.3, 0.4) is 0 Å². The normalized spacial score (nSPS) is 10.2. The summed E-state index contributed by atoms with van der Waals surface area (Å²) in [6, 6.07) is 0.